The summed E-state index contributed by atoms with van der Waals surface area (Å²) in [5.41, 5.74) is -0.171. The van der Waals surface area contributed by atoms with Crippen LogP contribution in [0.5, 0.6) is 5.75 Å². The van der Waals surface area contributed by atoms with Gasteiger partial charge in [0.2, 0.25) is 0 Å². The molecule has 0 atom stereocenters. The second kappa shape index (κ2) is 5.88. The molecule has 0 aliphatic rings. The molecule has 0 fully saturated rings. The van der Waals surface area contributed by atoms with Gasteiger partial charge >= 0.3 is 5.97 Å². The highest BCUT2D eigenvalue weighted by Gasteiger charge is 2.16. The van der Waals surface area contributed by atoms with Crippen LogP contribution in [0, 0.1) is 11.6 Å². The van der Waals surface area contributed by atoms with E-state index in [1.54, 1.807) is 0 Å². The molecule has 6 heteroatoms. The number of rotatable bonds is 4. The molecule has 0 radical (unpaired) electrons. The molecule has 20 heavy (non-hydrogen) atoms. The summed E-state index contributed by atoms with van der Waals surface area (Å²) in [6.07, 6.45) is 0. The van der Waals surface area contributed by atoms with Crippen molar-refractivity contribution in [3.05, 3.63) is 64.2 Å². The van der Waals surface area contributed by atoms with E-state index in [1.807, 2.05) is 0 Å². The van der Waals surface area contributed by atoms with Gasteiger partial charge in [-0.3, -0.25) is 0 Å². The minimum absolute atomic E-state index is 0.0266. The minimum Gasteiger partial charge on any atom is -0.486 e. The van der Waals surface area contributed by atoms with Crippen LogP contribution >= 0.6 is 11.6 Å². The third-order valence-electron chi connectivity index (χ3n) is 2.60. The molecule has 0 aliphatic carbocycles. The first-order chi connectivity index (χ1) is 9.50. The van der Waals surface area contributed by atoms with E-state index in [1.165, 1.54) is 30.3 Å². The fourth-order valence-corrected chi connectivity index (χ4v) is 1.86. The molecule has 0 saturated heterocycles. The number of ether oxygens (including phenoxy) is 1. The lowest BCUT2D eigenvalue weighted by Crippen LogP contribution is -2.05. The molecule has 1 N–H and O–H groups in total. The third kappa shape index (κ3) is 2.88. The normalized spacial score (nSPS) is 10.3. The third-order valence-corrected chi connectivity index (χ3v) is 2.90. The molecule has 2 rings (SSSR count). The molecular formula is C14H9ClF2O3. The maximum atomic E-state index is 13.5. The summed E-state index contributed by atoms with van der Waals surface area (Å²) in [7, 11) is 0. The van der Waals surface area contributed by atoms with Crippen LogP contribution in [-0.4, -0.2) is 11.1 Å². The zero-order valence-electron chi connectivity index (χ0n) is 10.1. The number of aromatic carboxylic acids is 1. The van der Waals surface area contributed by atoms with E-state index < -0.39 is 17.6 Å². The first kappa shape index (κ1) is 14.3. The molecule has 0 unspecified atom stereocenters. The molecule has 0 aliphatic heterocycles. The van der Waals surface area contributed by atoms with Gasteiger partial charge < -0.3 is 9.84 Å². The van der Waals surface area contributed by atoms with Crippen LogP contribution in [0.1, 0.15) is 15.9 Å². The van der Waals surface area contributed by atoms with Crippen LogP contribution in [0.15, 0.2) is 36.4 Å². The quantitative estimate of drug-likeness (QED) is 0.931. The first-order valence-corrected chi connectivity index (χ1v) is 5.96. The number of benzene rings is 2. The summed E-state index contributed by atoms with van der Waals surface area (Å²) in [6.45, 7) is -0.326. The summed E-state index contributed by atoms with van der Waals surface area (Å²) >= 11 is 5.85. The fourth-order valence-electron chi connectivity index (χ4n) is 1.63. The number of carbonyl (C=O) groups is 1. The lowest BCUT2D eigenvalue weighted by molar-refractivity contribution is 0.0691. The van der Waals surface area contributed by atoms with Crippen molar-refractivity contribution in [2.75, 3.05) is 0 Å². The summed E-state index contributed by atoms with van der Waals surface area (Å²) in [4.78, 5) is 11.0. The fraction of sp³-hybridized carbons (Fsp3) is 0.0714. The minimum atomic E-state index is -1.22. The van der Waals surface area contributed by atoms with Crippen LogP contribution in [-0.2, 0) is 6.61 Å². The lowest BCUT2D eigenvalue weighted by Gasteiger charge is -2.11. The lowest BCUT2D eigenvalue weighted by atomic mass is 10.2. The van der Waals surface area contributed by atoms with E-state index in [0.29, 0.717) is 0 Å². The number of hydrogen-bond acceptors (Lipinski definition) is 2. The van der Waals surface area contributed by atoms with Gasteiger partial charge in [-0.15, -0.1) is 0 Å². The van der Waals surface area contributed by atoms with Gasteiger partial charge in [0, 0.05) is 5.56 Å². The van der Waals surface area contributed by atoms with Crippen LogP contribution in [0.3, 0.4) is 0 Å². The van der Waals surface area contributed by atoms with E-state index in [-0.39, 0.29) is 28.5 Å². The number of hydrogen-bond donors (Lipinski definition) is 1. The second-order valence-electron chi connectivity index (χ2n) is 3.92. The SMILES string of the molecule is O=C(O)c1cccc(Cl)c1OCc1cccc(F)c1F. The van der Waals surface area contributed by atoms with Crippen LogP contribution < -0.4 is 4.74 Å². The van der Waals surface area contributed by atoms with E-state index in [2.05, 4.69) is 0 Å². The summed E-state index contributed by atoms with van der Waals surface area (Å²) in [5, 5.41) is 9.10. The average Bonchev–Trinajstić information content (AvgIpc) is 2.41. The predicted octanol–water partition coefficient (Wildman–Crippen LogP) is 3.90. The van der Waals surface area contributed by atoms with Gasteiger partial charge in [0.1, 0.15) is 12.2 Å². The van der Waals surface area contributed by atoms with E-state index >= 15 is 0 Å². The zero-order valence-corrected chi connectivity index (χ0v) is 10.8. The Balaban J connectivity index is 2.27. The van der Waals surface area contributed by atoms with Crippen molar-refractivity contribution in [2.45, 2.75) is 6.61 Å². The van der Waals surface area contributed by atoms with Gasteiger partial charge in [-0.2, -0.15) is 0 Å². The Kier molecular flexibility index (Phi) is 4.20. The second-order valence-corrected chi connectivity index (χ2v) is 4.33. The van der Waals surface area contributed by atoms with Crippen molar-refractivity contribution in [3.63, 3.8) is 0 Å². The molecule has 0 aromatic heterocycles. The van der Waals surface area contributed by atoms with Gasteiger partial charge in [-0.05, 0) is 18.2 Å². The molecule has 2 aromatic rings. The Morgan fingerprint density at radius 2 is 1.90 bits per heavy atom. The van der Waals surface area contributed by atoms with E-state index in [4.69, 9.17) is 21.4 Å². The Bertz CT molecular complexity index is 659. The summed E-state index contributed by atoms with van der Waals surface area (Å²) < 4.78 is 31.7. The van der Waals surface area contributed by atoms with Gasteiger partial charge in [0.25, 0.3) is 0 Å². The van der Waals surface area contributed by atoms with Crippen molar-refractivity contribution in [2.24, 2.45) is 0 Å². The zero-order chi connectivity index (χ0) is 14.7. The maximum absolute atomic E-state index is 13.5. The molecule has 0 saturated carbocycles. The van der Waals surface area contributed by atoms with Crippen LogP contribution in [0.2, 0.25) is 5.02 Å². The molecule has 0 heterocycles. The molecule has 104 valence electrons. The largest absolute Gasteiger partial charge is 0.486 e. The Hall–Kier alpha value is -2.14. The highest BCUT2D eigenvalue weighted by atomic mass is 35.5. The molecule has 2 aromatic carbocycles. The predicted molar refractivity (Wildman–Crippen MR) is 69.1 cm³/mol. The number of para-hydroxylation sites is 1. The number of halogens is 3. The monoisotopic (exact) mass is 298 g/mol. The Labute approximate surface area is 118 Å². The smallest absolute Gasteiger partial charge is 0.339 e. The van der Waals surface area contributed by atoms with Gasteiger partial charge in [0.05, 0.1) is 5.02 Å². The average molecular weight is 299 g/mol. The van der Waals surface area contributed by atoms with E-state index in [9.17, 15) is 13.6 Å². The molecule has 0 spiro atoms. The molecule has 3 nitrogen and oxygen atoms in total. The molecule has 0 amide bonds. The summed E-state index contributed by atoms with van der Waals surface area (Å²) in [6, 6.07) is 7.88. The van der Waals surface area contributed by atoms with Crippen LogP contribution in [0.25, 0.3) is 0 Å². The summed E-state index contributed by atoms with van der Waals surface area (Å²) in [5.74, 6) is -3.33. The Morgan fingerprint density at radius 3 is 2.60 bits per heavy atom. The van der Waals surface area contributed by atoms with Gasteiger partial charge in [-0.1, -0.05) is 29.8 Å². The van der Waals surface area contributed by atoms with Crippen molar-refractivity contribution < 1.29 is 23.4 Å². The Morgan fingerprint density at radius 1 is 1.20 bits per heavy atom. The van der Waals surface area contributed by atoms with Crippen molar-refractivity contribution in [1.29, 1.82) is 0 Å². The standard InChI is InChI=1S/C14H9ClF2O3/c15-10-5-2-4-9(14(18)19)13(10)20-7-8-3-1-6-11(16)12(8)17/h1-6H,7H2,(H,18,19). The first-order valence-electron chi connectivity index (χ1n) is 5.58. The van der Waals surface area contributed by atoms with Gasteiger partial charge in [0.15, 0.2) is 17.4 Å². The number of carboxylic acid groups (broad SMARTS) is 1. The van der Waals surface area contributed by atoms with Crippen LogP contribution in [0.4, 0.5) is 8.78 Å². The van der Waals surface area contributed by atoms with E-state index in [0.717, 1.165) is 6.07 Å². The van der Waals surface area contributed by atoms with Gasteiger partial charge in [-0.25, -0.2) is 13.6 Å². The molecular weight excluding hydrogens is 290 g/mol. The highest BCUT2D eigenvalue weighted by Crippen LogP contribution is 2.29. The van der Waals surface area contributed by atoms with Crippen molar-refractivity contribution >= 4 is 17.6 Å². The maximum Gasteiger partial charge on any atom is 0.339 e. The van der Waals surface area contributed by atoms with Crippen molar-refractivity contribution in [3.8, 4) is 5.75 Å². The van der Waals surface area contributed by atoms with Crippen molar-refractivity contribution in [1.82, 2.24) is 0 Å². The number of carboxylic acids is 1. The highest BCUT2D eigenvalue weighted by molar-refractivity contribution is 6.32. The molecule has 0 bridgehead atoms. The topological polar surface area (TPSA) is 46.5 Å².